The van der Waals surface area contributed by atoms with E-state index in [-0.39, 0.29) is 0 Å². The molecule has 4 nitrogen and oxygen atoms in total. The molecule has 0 radical (unpaired) electrons. The zero-order chi connectivity index (χ0) is 9.26. The van der Waals surface area contributed by atoms with Crippen molar-refractivity contribution in [1.82, 2.24) is 9.78 Å². The lowest BCUT2D eigenvalue weighted by atomic mass is 10.1. The molecule has 2 N–H and O–H groups in total. The Balaban J connectivity index is 2.03. The second-order valence-electron chi connectivity index (χ2n) is 3.62. The van der Waals surface area contributed by atoms with Gasteiger partial charge in [-0.15, -0.1) is 0 Å². The molecule has 2 rings (SSSR count). The topological polar surface area (TPSA) is 53.1 Å². The molecule has 1 aromatic heterocycles. The molecule has 1 aliphatic rings. The van der Waals surface area contributed by atoms with Gasteiger partial charge in [0.25, 0.3) is 0 Å². The zero-order valence-electron chi connectivity index (χ0n) is 7.86. The monoisotopic (exact) mass is 181 g/mol. The molecule has 0 bridgehead atoms. The SMILES string of the molecule is Cc1cc(N)nn1CC1CCOC1. The summed E-state index contributed by atoms with van der Waals surface area (Å²) < 4.78 is 7.27. The van der Waals surface area contributed by atoms with Gasteiger partial charge in [-0.25, -0.2) is 0 Å². The number of anilines is 1. The van der Waals surface area contributed by atoms with Crippen LogP contribution in [-0.2, 0) is 11.3 Å². The number of hydrogen-bond donors (Lipinski definition) is 1. The first-order valence-electron chi connectivity index (χ1n) is 4.63. The predicted molar refractivity (Wildman–Crippen MR) is 50.3 cm³/mol. The number of nitrogens with zero attached hydrogens (tertiary/aromatic N) is 2. The van der Waals surface area contributed by atoms with Crippen LogP contribution in [-0.4, -0.2) is 23.0 Å². The average molecular weight is 181 g/mol. The first-order chi connectivity index (χ1) is 6.25. The van der Waals surface area contributed by atoms with Gasteiger partial charge in [0.1, 0.15) is 5.82 Å². The summed E-state index contributed by atoms with van der Waals surface area (Å²) in [6.07, 6.45) is 1.14. The van der Waals surface area contributed by atoms with Gasteiger partial charge in [-0.1, -0.05) is 0 Å². The Bertz CT molecular complexity index is 289. The Morgan fingerprint density at radius 2 is 2.62 bits per heavy atom. The van der Waals surface area contributed by atoms with Crippen LogP contribution in [0, 0.1) is 12.8 Å². The van der Waals surface area contributed by atoms with E-state index in [2.05, 4.69) is 5.10 Å². The lowest BCUT2D eigenvalue weighted by Gasteiger charge is -2.08. The van der Waals surface area contributed by atoms with E-state index < -0.39 is 0 Å². The van der Waals surface area contributed by atoms with E-state index in [0.717, 1.165) is 31.9 Å². The molecule has 1 fully saturated rings. The second kappa shape index (κ2) is 3.38. The molecule has 1 saturated heterocycles. The molecule has 1 unspecified atom stereocenters. The molecule has 0 spiro atoms. The van der Waals surface area contributed by atoms with Gasteiger partial charge < -0.3 is 10.5 Å². The summed E-state index contributed by atoms with van der Waals surface area (Å²) >= 11 is 0. The summed E-state index contributed by atoms with van der Waals surface area (Å²) in [4.78, 5) is 0. The van der Waals surface area contributed by atoms with Crippen LogP contribution in [0.2, 0.25) is 0 Å². The Hall–Kier alpha value is -1.03. The van der Waals surface area contributed by atoms with E-state index in [9.17, 15) is 0 Å². The minimum absolute atomic E-state index is 0.608. The molecule has 0 saturated carbocycles. The third-order valence-corrected chi connectivity index (χ3v) is 2.46. The van der Waals surface area contributed by atoms with Crippen LogP contribution >= 0.6 is 0 Å². The molecule has 4 heteroatoms. The first kappa shape index (κ1) is 8.56. The van der Waals surface area contributed by atoms with Crippen LogP contribution in [0.1, 0.15) is 12.1 Å². The fraction of sp³-hybridized carbons (Fsp3) is 0.667. The third kappa shape index (κ3) is 1.83. The Morgan fingerprint density at radius 1 is 1.77 bits per heavy atom. The average Bonchev–Trinajstić information content (AvgIpc) is 2.63. The van der Waals surface area contributed by atoms with Crippen LogP contribution in [0.3, 0.4) is 0 Å². The van der Waals surface area contributed by atoms with Crippen LogP contribution in [0.4, 0.5) is 5.82 Å². The van der Waals surface area contributed by atoms with E-state index in [1.807, 2.05) is 17.7 Å². The minimum atomic E-state index is 0.608. The fourth-order valence-corrected chi connectivity index (χ4v) is 1.69. The van der Waals surface area contributed by atoms with E-state index in [0.29, 0.717) is 11.7 Å². The van der Waals surface area contributed by atoms with Gasteiger partial charge in [0.2, 0.25) is 0 Å². The van der Waals surface area contributed by atoms with E-state index in [1.54, 1.807) is 0 Å². The largest absolute Gasteiger partial charge is 0.382 e. The molecule has 2 heterocycles. The number of aromatic nitrogens is 2. The highest BCUT2D eigenvalue weighted by atomic mass is 16.5. The standard InChI is InChI=1S/C9H15N3O/c1-7-4-9(10)11-12(7)5-8-2-3-13-6-8/h4,8H,2-3,5-6H2,1H3,(H2,10,11). The maximum absolute atomic E-state index is 5.59. The lowest BCUT2D eigenvalue weighted by molar-refractivity contribution is 0.181. The predicted octanol–water partition coefficient (Wildman–Crippen LogP) is 0.810. The number of nitrogen functional groups attached to an aromatic ring is 1. The number of nitrogens with two attached hydrogens (primary N) is 1. The van der Waals surface area contributed by atoms with Gasteiger partial charge in [-0.3, -0.25) is 4.68 Å². The zero-order valence-corrected chi connectivity index (χ0v) is 7.86. The first-order valence-corrected chi connectivity index (χ1v) is 4.63. The van der Waals surface area contributed by atoms with Crippen LogP contribution in [0.25, 0.3) is 0 Å². The quantitative estimate of drug-likeness (QED) is 0.734. The molecule has 13 heavy (non-hydrogen) atoms. The van der Waals surface area contributed by atoms with E-state index >= 15 is 0 Å². The maximum Gasteiger partial charge on any atom is 0.145 e. The molecule has 1 aromatic rings. The third-order valence-electron chi connectivity index (χ3n) is 2.46. The van der Waals surface area contributed by atoms with Crippen molar-refractivity contribution in [1.29, 1.82) is 0 Å². The second-order valence-corrected chi connectivity index (χ2v) is 3.62. The van der Waals surface area contributed by atoms with Crippen molar-refractivity contribution in [2.45, 2.75) is 19.9 Å². The molecular formula is C9H15N3O. The van der Waals surface area contributed by atoms with Crippen molar-refractivity contribution in [2.75, 3.05) is 18.9 Å². The summed E-state index contributed by atoms with van der Waals surface area (Å²) in [5.74, 6) is 1.22. The molecule has 1 aliphatic heterocycles. The summed E-state index contributed by atoms with van der Waals surface area (Å²) in [7, 11) is 0. The van der Waals surface area contributed by atoms with Gasteiger partial charge in [0, 0.05) is 30.8 Å². The highest BCUT2D eigenvalue weighted by Gasteiger charge is 2.17. The summed E-state index contributed by atoms with van der Waals surface area (Å²) in [6.45, 7) is 4.71. The molecule has 1 atom stereocenters. The Kier molecular flexibility index (Phi) is 2.22. The van der Waals surface area contributed by atoms with Crippen LogP contribution < -0.4 is 5.73 Å². The van der Waals surface area contributed by atoms with Gasteiger partial charge in [-0.2, -0.15) is 5.10 Å². The number of rotatable bonds is 2. The van der Waals surface area contributed by atoms with Crippen LogP contribution in [0.5, 0.6) is 0 Å². The highest BCUT2D eigenvalue weighted by Crippen LogP contribution is 2.16. The van der Waals surface area contributed by atoms with E-state index in [4.69, 9.17) is 10.5 Å². The lowest BCUT2D eigenvalue weighted by Crippen LogP contribution is -2.13. The van der Waals surface area contributed by atoms with Crippen molar-refractivity contribution in [3.05, 3.63) is 11.8 Å². The van der Waals surface area contributed by atoms with Crippen molar-refractivity contribution in [3.8, 4) is 0 Å². The smallest absolute Gasteiger partial charge is 0.145 e. The fourth-order valence-electron chi connectivity index (χ4n) is 1.69. The van der Waals surface area contributed by atoms with Crippen molar-refractivity contribution in [3.63, 3.8) is 0 Å². The number of aryl methyl sites for hydroxylation is 1. The highest BCUT2D eigenvalue weighted by molar-refractivity contribution is 5.28. The number of ether oxygens (including phenoxy) is 1. The van der Waals surface area contributed by atoms with Crippen molar-refractivity contribution in [2.24, 2.45) is 5.92 Å². The Labute approximate surface area is 77.7 Å². The maximum atomic E-state index is 5.59. The molecule has 0 aromatic carbocycles. The number of hydrogen-bond acceptors (Lipinski definition) is 3. The molecule has 0 aliphatic carbocycles. The van der Waals surface area contributed by atoms with Gasteiger partial charge in [0.15, 0.2) is 0 Å². The van der Waals surface area contributed by atoms with Gasteiger partial charge in [0.05, 0.1) is 6.61 Å². The van der Waals surface area contributed by atoms with Gasteiger partial charge >= 0.3 is 0 Å². The summed E-state index contributed by atoms with van der Waals surface area (Å²) in [5, 5.41) is 4.21. The summed E-state index contributed by atoms with van der Waals surface area (Å²) in [5.41, 5.74) is 6.72. The van der Waals surface area contributed by atoms with Crippen molar-refractivity contribution >= 4 is 5.82 Å². The van der Waals surface area contributed by atoms with Crippen molar-refractivity contribution < 1.29 is 4.74 Å². The molecule has 0 amide bonds. The Morgan fingerprint density at radius 3 is 3.15 bits per heavy atom. The normalized spacial score (nSPS) is 22.4. The van der Waals surface area contributed by atoms with E-state index in [1.165, 1.54) is 0 Å². The minimum Gasteiger partial charge on any atom is -0.382 e. The van der Waals surface area contributed by atoms with Gasteiger partial charge in [-0.05, 0) is 13.3 Å². The summed E-state index contributed by atoms with van der Waals surface area (Å²) in [6, 6.07) is 1.90. The molecular weight excluding hydrogens is 166 g/mol. The van der Waals surface area contributed by atoms with Crippen LogP contribution in [0.15, 0.2) is 6.07 Å². The molecule has 72 valence electrons.